The molecule has 0 saturated heterocycles. The molecule has 0 spiro atoms. The smallest absolute Gasteiger partial charge is 0.339 e. The highest BCUT2D eigenvalue weighted by Gasteiger charge is 2.16. The number of aromatic nitrogens is 1. The molecule has 0 aliphatic rings. The van der Waals surface area contributed by atoms with Gasteiger partial charge in [-0.1, -0.05) is 5.16 Å². The molecule has 0 saturated carbocycles. The molecule has 0 N–H and O–H groups in total. The molecule has 1 aromatic carbocycles. The van der Waals surface area contributed by atoms with Crippen molar-refractivity contribution in [3.8, 4) is 5.75 Å². The van der Waals surface area contributed by atoms with E-state index in [0.29, 0.717) is 21.5 Å². The van der Waals surface area contributed by atoms with Gasteiger partial charge >= 0.3 is 5.97 Å². The van der Waals surface area contributed by atoms with Gasteiger partial charge in [0.05, 0.1) is 23.9 Å². The van der Waals surface area contributed by atoms with Gasteiger partial charge in [0.1, 0.15) is 18.1 Å². The van der Waals surface area contributed by atoms with Crippen LogP contribution in [0, 0.1) is 13.8 Å². The van der Waals surface area contributed by atoms with Crippen LogP contribution in [-0.2, 0) is 11.3 Å². The van der Waals surface area contributed by atoms with Crippen LogP contribution in [0.4, 0.5) is 0 Å². The van der Waals surface area contributed by atoms with Crippen molar-refractivity contribution in [2.75, 3.05) is 7.11 Å². The Morgan fingerprint density at radius 3 is 2.75 bits per heavy atom. The Bertz CT molecular complexity index is 617. The predicted octanol–water partition coefficient (Wildman–Crippen LogP) is 3.42. The van der Waals surface area contributed by atoms with Crippen LogP contribution < -0.4 is 4.74 Å². The zero-order valence-corrected chi connectivity index (χ0v) is 13.0. The number of aryl methyl sites for hydroxylation is 2. The summed E-state index contributed by atoms with van der Waals surface area (Å²) in [6, 6.07) is 5.13. The van der Waals surface area contributed by atoms with Crippen molar-refractivity contribution in [1.29, 1.82) is 0 Å². The lowest BCUT2D eigenvalue weighted by Crippen LogP contribution is -2.07. The molecule has 0 amide bonds. The third-order valence-electron chi connectivity index (χ3n) is 2.92. The summed E-state index contributed by atoms with van der Waals surface area (Å²) in [6.07, 6.45) is 0. The van der Waals surface area contributed by atoms with Gasteiger partial charge < -0.3 is 14.0 Å². The Balaban J connectivity index is 2.13. The van der Waals surface area contributed by atoms with Gasteiger partial charge in [0, 0.05) is 4.47 Å². The van der Waals surface area contributed by atoms with E-state index >= 15 is 0 Å². The Morgan fingerprint density at radius 1 is 1.40 bits per heavy atom. The summed E-state index contributed by atoms with van der Waals surface area (Å²) in [6.45, 7) is 3.72. The van der Waals surface area contributed by atoms with Crippen LogP contribution >= 0.6 is 15.9 Å². The maximum absolute atomic E-state index is 12.1. The van der Waals surface area contributed by atoms with Crippen LogP contribution in [-0.4, -0.2) is 18.2 Å². The molecule has 106 valence electrons. The molecule has 0 radical (unpaired) electrons. The van der Waals surface area contributed by atoms with Crippen LogP contribution in [0.2, 0.25) is 0 Å². The second-order valence-corrected chi connectivity index (χ2v) is 5.08. The van der Waals surface area contributed by atoms with Crippen LogP contribution in [0.1, 0.15) is 27.4 Å². The largest absolute Gasteiger partial charge is 0.497 e. The molecule has 0 aliphatic carbocycles. The predicted molar refractivity (Wildman–Crippen MR) is 75.8 cm³/mol. The Hall–Kier alpha value is -1.82. The van der Waals surface area contributed by atoms with E-state index in [2.05, 4.69) is 21.1 Å². The SMILES string of the molecule is COc1ccc(Br)c(C(=O)OCc2c(C)noc2C)c1. The van der Waals surface area contributed by atoms with Gasteiger partial charge in [-0.05, 0) is 48.0 Å². The summed E-state index contributed by atoms with van der Waals surface area (Å²) >= 11 is 3.32. The fourth-order valence-corrected chi connectivity index (χ4v) is 2.12. The Labute approximate surface area is 125 Å². The van der Waals surface area contributed by atoms with Gasteiger partial charge in [-0.25, -0.2) is 4.79 Å². The molecule has 2 aromatic rings. The second kappa shape index (κ2) is 6.09. The zero-order valence-electron chi connectivity index (χ0n) is 11.4. The van der Waals surface area contributed by atoms with Gasteiger partial charge in [-0.3, -0.25) is 0 Å². The first-order valence-corrected chi connectivity index (χ1v) is 6.74. The van der Waals surface area contributed by atoms with Crippen LogP contribution in [0.15, 0.2) is 27.2 Å². The normalized spacial score (nSPS) is 10.4. The molecule has 0 fully saturated rings. The monoisotopic (exact) mass is 339 g/mol. The summed E-state index contributed by atoms with van der Waals surface area (Å²) < 4.78 is 16.1. The Kier molecular flexibility index (Phi) is 4.44. The highest BCUT2D eigenvalue weighted by Crippen LogP contribution is 2.24. The molecular formula is C14H14BrNO4. The molecule has 0 bridgehead atoms. The molecule has 1 heterocycles. The first-order valence-electron chi connectivity index (χ1n) is 5.95. The van der Waals surface area contributed by atoms with E-state index < -0.39 is 5.97 Å². The number of nitrogens with zero attached hydrogens (tertiary/aromatic N) is 1. The third kappa shape index (κ3) is 3.01. The van der Waals surface area contributed by atoms with Crippen molar-refractivity contribution in [1.82, 2.24) is 5.16 Å². The van der Waals surface area contributed by atoms with E-state index in [4.69, 9.17) is 14.0 Å². The molecule has 5 nitrogen and oxygen atoms in total. The molecule has 0 aliphatic heterocycles. The van der Waals surface area contributed by atoms with Crippen molar-refractivity contribution < 1.29 is 18.8 Å². The molecule has 6 heteroatoms. The average molecular weight is 340 g/mol. The van der Waals surface area contributed by atoms with E-state index in [0.717, 1.165) is 11.3 Å². The highest BCUT2D eigenvalue weighted by molar-refractivity contribution is 9.10. The molecule has 1 aromatic heterocycles. The van der Waals surface area contributed by atoms with Crippen LogP contribution in [0.3, 0.4) is 0 Å². The number of rotatable bonds is 4. The second-order valence-electron chi connectivity index (χ2n) is 4.22. The van der Waals surface area contributed by atoms with Gasteiger partial charge in [-0.15, -0.1) is 0 Å². The van der Waals surface area contributed by atoms with Gasteiger partial charge in [0.15, 0.2) is 0 Å². The summed E-state index contributed by atoms with van der Waals surface area (Å²) in [5.41, 5.74) is 1.92. The molecule has 2 rings (SSSR count). The number of carbonyl (C=O) groups excluding carboxylic acids is 1. The van der Waals surface area contributed by atoms with E-state index in [-0.39, 0.29) is 6.61 Å². The summed E-state index contributed by atoms with van der Waals surface area (Å²) in [7, 11) is 1.54. The number of esters is 1. The highest BCUT2D eigenvalue weighted by atomic mass is 79.9. The minimum atomic E-state index is -0.434. The fraction of sp³-hybridized carbons (Fsp3) is 0.286. The lowest BCUT2D eigenvalue weighted by Gasteiger charge is -2.08. The number of ether oxygens (including phenoxy) is 2. The van der Waals surface area contributed by atoms with Crippen molar-refractivity contribution in [3.05, 3.63) is 45.3 Å². The summed E-state index contributed by atoms with van der Waals surface area (Å²) in [5.74, 6) is 0.813. The van der Waals surface area contributed by atoms with E-state index in [1.165, 1.54) is 0 Å². The van der Waals surface area contributed by atoms with Gasteiger partial charge in [-0.2, -0.15) is 0 Å². The number of carbonyl (C=O) groups is 1. The lowest BCUT2D eigenvalue weighted by atomic mass is 10.2. The van der Waals surface area contributed by atoms with Crippen molar-refractivity contribution >= 4 is 21.9 Å². The maximum Gasteiger partial charge on any atom is 0.339 e. The standard InChI is InChI=1S/C14H14BrNO4/c1-8-12(9(2)20-16-8)7-19-14(17)11-6-10(18-3)4-5-13(11)15/h4-6H,7H2,1-3H3. The van der Waals surface area contributed by atoms with Crippen LogP contribution in [0.25, 0.3) is 0 Å². The molecule has 0 unspecified atom stereocenters. The van der Waals surface area contributed by atoms with Crippen molar-refractivity contribution in [2.45, 2.75) is 20.5 Å². The minimum absolute atomic E-state index is 0.129. The zero-order chi connectivity index (χ0) is 14.7. The van der Waals surface area contributed by atoms with Crippen molar-refractivity contribution in [2.24, 2.45) is 0 Å². The van der Waals surface area contributed by atoms with E-state index in [1.54, 1.807) is 39.2 Å². The van der Waals surface area contributed by atoms with Gasteiger partial charge in [0.2, 0.25) is 0 Å². The number of hydrogen-bond donors (Lipinski definition) is 0. The average Bonchev–Trinajstić information content (AvgIpc) is 2.76. The maximum atomic E-state index is 12.1. The van der Waals surface area contributed by atoms with E-state index in [1.807, 2.05) is 0 Å². The topological polar surface area (TPSA) is 61.6 Å². The molecule has 20 heavy (non-hydrogen) atoms. The number of methoxy groups -OCH3 is 1. The van der Waals surface area contributed by atoms with Crippen molar-refractivity contribution in [3.63, 3.8) is 0 Å². The third-order valence-corrected chi connectivity index (χ3v) is 3.61. The van der Waals surface area contributed by atoms with Crippen LogP contribution in [0.5, 0.6) is 5.75 Å². The quantitative estimate of drug-likeness (QED) is 0.798. The summed E-state index contributed by atoms with van der Waals surface area (Å²) in [5, 5.41) is 3.82. The lowest BCUT2D eigenvalue weighted by molar-refractivity contribution is 0.0469. The fourth-order valence-electron chi connectivity index (χ4n) is 1.71. The summed E-state index contributed by atoms with van der Waals surface area (Å²) in [4.78, 5) is 12.1. The molecule has 0 atom stereocenters. The minimum Gasteiger partial charge on any atom is -0.497 e. The Morgan fingerprint density at radius 2 is 2.15 bits per heavy atom. The number of halogens is 1. The number of hydrogen-bond acceptors (Lipinski definition) is 5. The van der Waals surface area contributed by atoms with E-state index in [9.17, 15) is 4.79 Å². The first kappa shape index (κ1) is 14.6. The number of benzene rings is 1. The molecular weight excluding hydrogens is 326 g/mol. The van der Waals surface area contributed by atoms with Gasteiger partial charge in [0.25, 0.3) is 0 Å². The first-order chi connectivity index (χ1) is 9.52.